The second kappa shape index (κ2) is 11.3. The Morgan fingerprint density at radius 3 is 2.73 bits per heavy atom. The lowest BCUT2D eigenvalue weighted by Gasteiger charge is -2.15. The minimum absolute atomic E-state index is 0.117. The molecule has 0 unspecified atom stereocenters. The number of carbonyl (C=O) groups excluding carboxylic acids is 1. The minimum Gasteiger partial charge on any atom is -0.415 e. The number of alkyl halides is 4. The normalized spacial score (nSPS) is 14.4. The topological polar surface area (TPSA) is 139 Å². The van der Waals surface area contributed by atoms with E-state index in [1.807, 2.05) is 22.8 Å². The molecule has 7 rings (SSSR count). The lowest BCUT2D eigenvalue weighted by atomic mass is 10.1. The number of nitrogens with one attached hydrogen (secondary N) is 1. The van der Waals surface area contributed by atoms with Crippen molar-refractivity contribution in [1.82, 2.24) is 39.6 Å². The number of imidazole rings is 1. The van der Waals surface area contributed by atoms with Gasteiger partial charge in [-0.05, 0) is 60.4 Å². The molecule has 0 aliphatic heterocycles. The van der Waals surface area contributed by atoms with Gasteiger partial charge in [0.05, 0.1) is 17.8 Å². The highest BCUT2D eigenvalue weighted by molar-refractivity contribution is 7.13. The zero-order chi connectivity index (χ0) is 31.2. The van der Waals surface area contributed by atoms with Crippen LogP contribution in [0.4, 0.5) is 23.4 Å². The van der Waals surface area contributed by atoms with Crippen molar-refractivity contribution in [2.24, 2.45) is 0 Å². The molecule has 1 aliphatic rings. The Labute approximate surface area is 255 Å². The van der Waals surface area contributed by atoms with Gasteiger partial charge in [0, 0.05) is 24.1 Å². The summed E-state index contributed by atoms with van der Waals surface area (Å²) >= 11 is 0.667. The maximum atomic E-state index is 13.0. The number of ether oxygens (including phenoxy) is 1. The van der Waals surface area contributed by atoms with E-state index in [9.17, 15) is 22.4 Å². The number of aryl methyl sites for hydroxylation is 1. The number of thiazole rings is 1. The van der Waals surface area contributed by atoms with Gasteiger partial charge in [0.25, 0.3) is 12.3 Å². The number of pyridine rings is 2. The number of carbonyl (C=O) groups is 1. The van der Waals surface area contributed by atoms with Gasteiger partial charge in [-0.1, -0.05) is 6.07 Å². The van der Waals surface area contributed by atoms with Gasteiger partial charge in [-0.2, -0.15) is 8.78 Å². The summed E-state index contributed by atoms with van der Waals surface area (Å²) in [6, 6.07) is 13.6. The second-order valence-corrected chi connectivity index (χ2v) is 11.1. The molecule has 5 aromatic heterocycles. The van der Waals surface area contributed by atoms with Crippen molar-refractivity contribution >= 4 is 34.2 Å². The number of halogens is 4. The molecule has 0 bridgehead atoms. The number of nitrogens with two attached hydrogens (primary N) is 1. The molecule has 1 aliphatic carbocycles. The SMILES string of the molecule is Nc1ncccc1-c1nc2ccc(-n3ccc(OC(F)F)n3)nc2n1-c1ccc2c(c1)CC[C@@H]2NC(=O)c1cnc(C(F)F)s1. The van der Waals surface area contributed by atoms with Crippen LogP contribution in [0.15, 0.2) is 67.1 Å². The number of amides is 1. The highest BCUT2D eigenvalue weighted by Gasteiger charge is 2.27. The van der Waals surface area contributed by atoms with Gasteiger partial charge < -0.3 is 15.8 Å². The summed E-state index contributed by atoms with van der Waals surface area (Å²) < 4.78 is 58.9. The van der Waals surface area contributed by atoms with Crippen molar-refractivity contribution in [3.8, 4) is 28.8 Å². The summed E-state index contributed by atoms with van der Waals surface area (Å²) in [5, 5.41) is 6.57. The van der Waals surface area contributed by atoms with Gasteiger partial charge >= 0.3 is 6.61 Å². The fraction of sp³-hybridized carbons (Fsp3) is 0.172. The molecule has 0 saturated carbocycles. The standard InChI is InChI=1S/C29H21F4N9O2S/c30-23(31)28-36-13-20(45-28)27(43)38-18-6-3-14-12-15(4-5-16(14)18)42-25(17-2-1-10-35-24(17)34)37-19-7-8-21(39-26(19)42)41-11-9-22(40-41)44-29(32)33/h1-2,4-5,7-13,18,23,29H,3,6H2,(H2,34,35)(H,38,43)/t18-/m0/s1. The predicted octanol–water partition coefficient (Wildman–Crippen LogP) is 5.66. The van der Waals surface area contributed by atoms with Crippen LogP contribution < -0.4 is 15.8 Å². The maximum Gasteiger partial charge on any atom is 0.388 e. The summed E-state index contributed by atoms with van der Waals surface area (Å²) in [4.78, 5) is 30.3. The lowest BCUT2D eigenvalue weighted by Crippen LogP contribution is -2.26. The van der Waals surface area contributed by atoms with Crippen LogP contribution in [-0.4, -0.2) is 46.8 Å². The number of fused-ring (bicyclic) bond motifs is 2. The molecule has 0 radical (unpaired) electrons. The highest BCUT2D eigenvalue weighted by Crippen LogP contribution is 2.36. The molecular weight excluding hydrogens is 614 g/mol. The number of hydrogen-bond donors (Lipinski definition) is 2. The summed E-state index contributed by atoms with van der Waals surface area (Å²) in [5.74, 6) is 0.353. The van der Waals surface area contributed by atoms with Crippen molar-refractivity contribution in [3.63, 3.8) is 0 Å². The van der Waals surface area contributed by atoms with Gasteiger partial charge in [0.15, 0.2) is 22.3 Å². The average Bonchev–Trinajstić information content (AvgIpc) is 3.82. The Morgan fingerprint density at radius 2 is 1.96 bits per heavy atom. The Bertz CT molecular complexity index is 2060. The van der Waals surface area contributed by atoms with Gasteiger partial charge in [-0.3, -0.25) is 9.36 Å². The van der Waals surface area contributed by atoms with E-state index in [0.29, 0.717) is 58.2 Å². The van der Waals surface area contributed by atoms with Crippen LogP contribution in [-0.2, 0) is 6.42 Å². The van der Waals surface area contributed by atoms with Crippen LogP contribution in [0.2, 0.25) is 0 Å². The Morgan fingerprint density at radius 1 is 1.09 bits per heavy atom. The van der Waals surface area contributed by atoms with E-state index in [2.05, 4.69) is 25.1 Å². The molecule has 0 spiro atoms. The van der Waals surface area contributed by atoms with Crippen LogP contribution in [0, 0.1) is 0 Å². The molecule has 3 N–H and O–H groups in total. The van der Waals surface area contributed by atoms with E-state index >= 15 is 0 Å². The van der Waals surface area contributed by atoms with Crippen molar-refractivity contribution in [1.29, 1.82) is 0 Å². The second-order valence-electron chi connectivity index (χ2n) is 10.0. The number of anilines is 1. The Hall–Kier alpha value is -5.38. The third kappa shape index (κ3) is 5.32. The van der Waals surface area contributed by atoms with Crippen molar-refractivity contribution in [3.05, 3.63) is 88.1 Å². The first-order valence-corrected chi connectivity index (χ1v) is 14.4. The number of benzene rings is 1. The largest absolute Gasteiger partial charge is 0.415 e. The van der Waals surface area contributed by atoms with Gasteiger partial charge in [0.2, 0.25) is 5.88 Å². The molecule has 5 heterocycles. The van der Waals surface area contributed by atoms with Gasteiger partial charge in [0.1, 0.15) is 16.2 Å². The number of nitrogens with zero attached hydrogens (tertiary/aromatic N) is 7. The average molecular weight is 636 g/mol. The predicted molar refractivity (Wildman–Crippen MR) is 156 cm³/mol. The number of aromatic nitrogens is 7. The van der Waals surface area contributed by atoms with Crippen molar-refractivity contribution in [2.75, 3.05) is 5.73 Å². The first kappa shape index (κ1) is 28.4. The zero-order valence-electron chi connectivity index (χ0n) is 22.9. The summed E-state index contributed by atoms with van der Waals surface area (Å²) in [6.07, 6.45) is 2.71. The van der Waals surface area contributed by atoms with E-state index in [4.69, 9.17) is 15.7 Å². The molecule has 45 heavy (non-hydrogen) atoms. The molecule has 0 saturated heterocycles. The fourth-order valence-electron chi connectivity index (χ4n) is 5.31. The highest BCUT2D eigenvalue weighted by atomic mass is 32.1. The first-order valence-electron chi connectivity index (χ1n) is 13.5. The third-order valence-corrected chi connectivity index (χ3v) is 8.28. The van der Waals surface area contributed by atoms with Crippen LogP contribution in [0.3, 0.4) is 0 Å². The van der Waals surface area contributed by atoms with Gasteiger partial charge in [-0.15, -0.1) is 16.4 Å². The summed E-state index contributed by atoms with van der Waals surface area (Å²) in [6.45, 7) is -3.02. The molecule has 11 nitrogen and oxygen atoms in total. The van der Waals surface area contributed by atoms with E-state index in [1.54, 1.807) is 30.5 Å². The smallest absolute Gasteiger partial charge is 0.388 e. The number of nitrogen functional groups attached to an aromatic ring is 1. The molecule has 1 amide bonds. The molecule has 1 atom stereocenters. The molecule has 1 aromatic carbocycles. The van der Waals surface area contributed by atoms with Crippen LogP contribution in [0.25, 0.3) is 34.1 Å². The maximum absolute atomic E-state index is 13.0. The van der Waals surface area contributed by atoms with Crippen molar-refractivity contribution < 1.29 is 27.1 Å². The van der Waals surface area contributed by atoms with Crippen molar-refractivity contribution in [2.45, 2.75) is 31.9 Å². The monoisotopic (exact) mass is 635 g/mol. The molecule has 228 valence electrons. The molecular formula is C29H21F4N9O2S. The third-order valence-electron chi connectivity index (χ3n) is 7.28. The van der Waals surface area contributed by atoms with Crippen LogP contribution in [0.1, 0.15) is 44.7 Å². The number of hydrogen-bond acceptors (Lipinski definition) is 9. The van der Waals surface area contributed by atoms with E-state index in [-0.39, 0.29) is 22.6 Å². The zero-order valence-corrected chi connectivity index (χ0v) is 23.8. The summed E-state index contributed by atoms with van der Waals surface area (Å²) in [5.41, 5.74) is 10.4. The van der Waals surface area contributed by atoms with E-state index < -0.39 is 24.0 Å². The van der Waals surface area contributed by atoms with Gasteiger partial charge in [-0.25, -0.2) is 33.4 Å². The Balaban J connectivity index is 1.27. The first-order chi connectivity index (χ1) is 21.7. The van der Waals surface area contributed by atoms with E-state index in [1.165, 1.54) is 16.9 Å². The summed E-state index contributed by atoms with van der Waals surface area (Å²) in [7, 11) is 0. The fourth-order valence-corrected chi connectivity index (χ4v) is 5.99. The molecule has 16 heteroatoms. The van der Waals surface area contributed by atoms with E-state index in [0.717, 1.165) is 17.3 Å². The number of rotatable bonds is 8. The molecule has 6 aromatic rings. The Kier molecular flexibility index (Phi) is 7.12. The van der Waals surface area contributed by atoms with Crippen LogP contribution >= 0.6 is 11.3 Å². The lowest BCUT2D eigenvalue weighted by molar-refractivity contribution is -0.0530. The quantitative estimate of drug-likeness (QED) is 0.204. The minimum atomic E-state index is -3.02. The molecule has 0 fully saturated rings. The van der Waals surface area contributed by atoms with Crippen LogP contribution in [0.5, 0.6) is 5.88 Å².